The van der Waals surface area contributed by atoms with Crippen molar-refractivity contribution in [2.75, 3.05) is 13.7 Å². The molecule has 7 nitrogen and oxygen atoms in total. The molecule has 2 N–H and O–H groups in total. The van der Waals surface area contributed by atoms with E-state index >= 15 is 0 Å². The van der Waals surface area contributed by atoms with Crippen molar-refractivity contribution in [2.24, 2.45) is 11.8 Å². The molecule has 2 aromatic rings. The van der Waals surface area contributed by atoms with E-state index in [2.05, 4.69) is 5.32 Å². The van der Waals surface area contributed by atoms with E-state index < -0.39 is 29.4 Å². The number of rotatable bonds is 5. The number of nitrogens with one attached hydrogen (secondary N) is 1. The van der Waals surface area contributed by atoms with E-state index in [4.69, 9.17) is 4.74 Å². The lowest BCUT2D eigenvalue weighted by Gasteiger charge is -2.33. The highest BCUT2D eigenvalue weighted by atomic mass is 16.5. The fraction of sp³-hybridized carbons (Fsp3) is 0.375. The van der Waals surface area contributed by atoms with Gasteiger partial charge in [0, 0.05) is 19.5 Å². The first-order valence-corrected chi connectivity index (χ1v) is 10.4. The number of imide groups is 1. The molecule has 0 saturated carbocycles. The van der Waals surface area contributed by atoms with Gasteiger partial charge in [0.25, 0.3) is 0 Å². The number of likely N-dealkylation sites (tertiary alicyclic amines) is 1. The van der Waals surface area contributed by atoms with Gasteiger partial charge in [-0.2, -0.15) is 0 Å². The Balaban J connectivity index is 1.87. The number of aryl methyl sites for hydroxylation is 1. The van der Waals surface area contributed by atoms with Crippen molar-refractivity contribution in [2.45, 2.75) is 31.8 Å². The van der Waals surface area contributed by atoms with Crippen molar-refractivity contribution in [3.05, 3.63) is 65.2 Å². The van der Waals surface area contributed by atoms with Crippen molar-refractivity contribution < 1.29 is 24.2 Å². The van der Waals surface area contributed by atoms with Crippen molar-refractivity contribution in [1.82, 2.24) is 10.2 Å². The molecule has 2 aromatic carbocycles. The maximum Gasteiger partial charge on any atom is 0.327 e. The van der Waals surface area contributed by atoms with Gasteiger partial charge in [-0.05, 0) is 42.7 Å². The molecule has 4 rings (SSSR count). The molecule has 2 amide bonds. The van der Waals surface area contributed by atoms with Gasteiger partial charge in [0.15, 0.2) is 0 Å². The van der Waals surface area contributed by atoms with Crippen molar-refractivity contribution >= 4 is 17.8 Å². The number of benzene rings is 2. The summed E-state index contributed by atoms with van der Waals surface area (Å²) in [5.41, 5.74) is 1.20. The predicted octanol–water partition coefficient (Wildman–Crippen LogP) is 2.12. The third-order valence-corrected chi connectivity index (χ3v) is 6.46. The van der Waals surface area contributed by atoms with E-state index in [1.165, 1.54) is 19.2 Å². The van der Waals surface area contributed by atoms with Crippen LogP contribution in [0, 0.1) is 18.8 Å². The summed E-state index contributed by atoms with van der Waals surface area (Å²) in [5, 5.41) is 13.0. The van der Waals surface area contributed by atoms with Crippen LogP contribution < -0.4 is 5.32 Å². The lowest BCUT2D eigenvalue weighted by Crippen LogP contribution is -2.57. The second kappa shape index (κ2) is 7.81. The van der Waals surface area contributed by atoms with E-state index in [1.54, 1.807) is 19.1 Å². The summed E-state index contributed by atoms with van der Waals surface area (Å²) in [5.74, 6) is -2.72. The molecule has 0 aliphatic carbocycles. The molecule has 2 heterocycles. The van der Waals surface area contributed by atoms with E-state index in [0.717, 1.165) is 21.6 Å². The first-order valence-electron chi connectivity index (χ1n) is 10.4. The summed E-state index contributed by atoms with van der Waals surface area (Å²) in [6.07, 6.45) is 0.155. The van der Waals surface area contributed by atoms with Crippen LogP contribution in [0.3, 0.4) is 0 Å². The Morgan fingerprint density at radius 2 is 1.81 bits per heavy atom. The number of ether oxygens (including phenoxy) is 1. The summed E-state index contributed by atoms with van der Waals surface area (Å²) in [6, 6.07) is 13.6. The van der Waals surface area contributed by atoms with Crippen LogP contribution in [0.25, 0.3) is 0 Å². The number of aromatic hydroxyl groups is 1. The third-order valence-electron chi connectivity index (χ3n) is 6.46. The highest BCUT2D eigenvalue weighted by Gasteiger charge is 2.68. The summed E-state index contributed by atoms with van der Waals surface area (Å²) >= 11 is 0. The number of fused-ring (bicyclic) bond motifs is 1. The highest BCUT2D eigenvalue weighted by molar-refractivity contribution is 6.09. The lowest BCUT2D eigenvalue weighted by molar-refractivity contribution is -0.156. The zero-order chi connectivity index (χ0) is 22.3. The van der Waals surface area contributed by atoms with Gasteiger partial charge in [0.2, 0.25) is 11.8 Å². The van der Waals surface area contributed by atoms with Gasteiger partial charge in [0.1, 0.15) is 11.3 Å². The fourth-order valence-electron chi connectivity index (χ4n) is 4.97. The van der Waals surface area contributed by atoms with E-state index in [9.17, 15) is 19.5 Å². The molecule has 4 atom stereocenters. The standard InChI is InChI=1S/C24H26N2O5/c1-4-31-23(30)24(13-15-9-11-16(27)12-10-15)19-18(21(28)26(3)22(19)29)20(25-24)17-8-6-5-7-14(17)2/h5-12,18-20,25,27H,4,13H2,1-3H3/t18-,19-,20+,24+/m0/s1. The molecule has 31 heavy (non-hydrogen) atoms. The molecule has 162 valence electrons. The van der Waals surface area contributed by atoms with Crippen molar-refractivity contribution in [3.8, 4) is 5.75 Å². The second-order valence-corrected chi connectivity index (χ2v) is 8.25. The zero-order valence-electron chi connectivity index (χ0n) is 17.8. The van der Waals surface area contributed by atoms with Crippen LogP contribution in [0.2, 0.25) is 0 Å². The molecule has 0 spiro atoms. The molecular weight excluding hydrogens is 396 g/mol. The number of carbonyl (C=O) groups is 3. The Morgan fingerprint density at radius 3 is 2.45 bits per heavy atom. The maximum absolute atomic E-state index is 13.4. The zero-order valence-corrected chi connectivity index (χ0v) is 17.8. The quantitative estimate of drug-likeness (QED) is 0.566. The fourth-order valence-corrected chi connectivity index (χ4v) is 4.97. The number of phenols is 1. The lowest BCUT2D eigenvalue weighted by atomic mass is 9.76. The van der Waals surface area contributed by atoms with E-state index in [-0.39, 0.29) is 30.6 Å². The molecule has 2 aliphatic heterocycles. The van der Waals surface area contributed by atoms with Crippen LogP contribution in [0.1, 0.15) is 29.7 Å². The number of esters is 1. The Kier molecular flexibility index (Phi) is 5.31. The topological polar surface area (TPSA) is 95.9 Å². The number of hydrogen-bond donors (Lipinski definition) is 2. The van der Waals surface area contributed by atoms with Gasteiger partial charge < -0.3 is 9.84 Å². The molecule has 0 aromatic heterocycles. The van der Waals surface area contributed by atoms with E-state index in [1.807, 2.05) is 31.2 Å². The van der Waals surface area contributed by atoms with Gasteiger partial charge in [0.05, 0.1) is 18.4 Å². The van der Waals surface area contributed by atoms with Crippen LogP contribution in [-0.4, -0.2) is 47.0 Å². The molecule has 0 unspecified atom stereocenters. The molecule has 0 radical (unpaired) electrons. The third kappa shape index (κ3) is 3.29. The Labute approximate surface area is 181 Å². The number of amides is 2. The minimum atomic E-state index is -1.40. The molecule has 0 bridgehead atoms. The summed E-state index contributed by atoms with van der Waals surface area (Å²) < 4.78 is 5.43. The number of phenolic OH excluding ortho intramolecular Hbond substituents is 1. The number of nitrogens with zero attached hydrogens (tertiary/aromatic N) is 1. The van der Waals surface area contributed by atoms with Gasteiger partial charge in [-0.1, -0.05) is 36.4 Å². The van der Waals surface area contributed by atoms with Crippen LogP contribution in [0.4, 0.5) is 0 Å². The minimum absolute atomic E-state index is 0.107. The second-order valence-electron chi connectivity index (χ2n) is 8.25. The highest BCUT2D eigenvalue weighted by Crippen LogP contribution is 2.50. The Morgan fingerprint density at radius 1 is 1.13 bits per heavy atom. The Hall–Kier alpha value is -3.19. The van der Waals surface area contributed by atoms with Crippen molar-refractivity contribution in [3.63, 3.8) is 0 Å². The van der Waals surface area contributed by atoms with Crippen LogP contribution in [0.5, 0.6) is 5.75 Å². The van der Waals surface area contributed by atoms with Crippen LogP contribution in [0.15, 0.2) is 48.5 Å². The smallest absolute Gasteiger partial charge is 0.327 e. The first kappa shape index (κ1) is 21.1. The predicted molar refractivity (Wildman–Crippen MR) is 113 cm³/mol. The number of hydrogen-bond acceptors (Lipinski definition) is 6. The summed E-state index contributed by atoms with van der Waals surface area (Å²) in [7, 11) is 1.47. The number of carbonyl (C=O) groups excluding carboxylic acids is 3. The maximum atomic E-state index is 13.4. The monoisotopic (exact) mass is 422 g/mol. The van der Waals surface area contributed by atoms with Gasteiger partial charge in [-0.3, -0.25) is 24.6 Å². The van der Waals surface area contributed by atoms with Gasteiger partial charge in [-0.15, -0.1) is 0 Å². The molecule has 7 heteroatoms. The Bertz CT molecular complexity index is 1030. The van der Waals surface area contributed by atoms with Crippen molar-refractivity contribution in [1.29, 1.82) is 0 Å². The van der Waals surface area contributed by atoms with Crippen LogP contribution in [-0.2, 0) is 25.5 Å². The molecule has 2 saturated heterocycles. The minimum Gasteiger partial charge on any atom is -0.508 e. The van der Waals surface area contributed by atoms with Gasteiger partial charge in [-0.25, -0.2) is 0 Å². The van der Waals surface area contributed by atoms with E-state index in [0.29, 0.717) is 0 Å². The van der Waals surface area contributed by atoms with Gasteiger partial charge >= 0.3 is 5.97 Å². The average Bonchev–Trinajstić information content (AvgIpc) is 3.20. The van der Waals surface area contributed by atoms with Crippen LogP contribution >= 0.6 is 0 Å². The molecule has 2 aliphatic rings. The normalized spacial score (nSPS) is 27.5. The SMILES string of the molecule is CCOC(=O)[C@]1(Cc2ccc(O)cc2)N[C@H](c2ccccc2C)[C@H]2C(=O)N(C)C(=O)[C@H]21. The average molecular weight is 422 g/mol. The largest absolute Gasteiger partial charge is 0.508 e. The molecule has 2 fully saturated rings. The summed E-state index contributed by atoms with van der Waals surface area (Å²) in [6.45, 7) is 3.81. The first-order chi connectivity index (χ1) is 14.8. The molecular formula is C24H26N2O5. The summed E-state index contributed by atoms with van der Waals surface area (Å²) in [4.78, 5) is 40.9.